The molecule has 6 nitrogen and oxygen atoms in total. The van der Waals surface area contributed by atoms with Crippen molar-refractivity contribution in [3.8, 4) is 11.1 Å². The summed E-state index contributed by atoms with van der Waals surface area (Å²) in [5, 5.41) is 6.32. The van der Waals surface area contributed by atoms with Crippen LogP contribution in [0.15, 0.2) is 48.5 Å². The molecule has 0 unspecified atom stereocenters. The van der Waals surface area contributed by atoms with Crippen molar-refractivity contribution in [2.75, 3.05) is 18.4 Å². The molecule has 0 aliphatic carbocycles. The van der Waals surface area contributed by atoms with Gasteiger partial charge in [0.2, 0.25) is 0 Å². The molecule has 0 spiro atoms. The summed E-state index contributed by atoms with van der Waals surface area (Å²) in [6.07, 6.45) is 1.71. The van der Waals surface area contributed by atoms with Gasteiger partial charge in [0, 0.05) is 47.7 Å². The van der Waals surface area contributed by atoms with Crippen LogP contribution in [0.3, 0.4) is 0 Å². The van der Waals surface area contributed by atoms with Gasteiger partial charge in [0.25, 0.3) is 11.8 Å². The molecule has 0 saturated carbocycles. The third kappa shape index (κ3) is 3.92. The molecule has 3 heterocycles. The first-order valence-electron chi connectivity index (χ1n) is 11.5. The summed E-state index contributed by atoms with van der Waals surface area (Å²) in [5.41, 5.74) is 4.62. The predicted molar refractivity (Wildman–Crippen MR) is 132 cm³/mol. The zero-order valence-corrected chi connectivity index (χ0v) is 19.4. The lowest BCUT2D eigenvalue weighted by atomic mass is 9.94. The van der Waals surface area contributed by atoms with Crippen molar-refractivity contribution in [3.63, 3.8) is 0 Å². The second kappa shape index (κ2) is 8.57. The first-order chi connectivity index (χ1) is 16.3. The van der Waals surface area contributed by atoms with E-state index in [2.05, 4.69) is 29.5 Å². The second-order valence-corrected chi connectivity index (χ2v) is 9.18. The van der Waals surface area contributed by atoms with Crippen LogP contribution in [0.2, 0.25) is 0 Å². The highest BCUT2D eigenvalue weighted by Gasteiger charge is 2.31. The summed E-state index contributed by atoms with van der Waals surface area (Å²) in [4.78, 5) is 31.5. The van der Waals surface area contributed by atoms with Crippen LogP contribution < -0.4 is 10.6 Å². The molecule has 7 heteroatoms. The fraction of sp³-hybridized carbons (Fsp3) is 0.259. The van der Waals surface area contributed by atoms with Crippen LogP contribution in [0.25, 0.3) is 22.8 Å². The Kier molecular flexibility index (Phi) is 5.57. The largest absolute Gasteiger partial charge is 0.358 e. The van der Waals surface area contributed by atoms with Crippen LogP contribution in [-0.4, -0.2) is 46.9 Å². The molecule has 2 aromatic carbocycles. The van der Waals surface area contributed by atoms with Crippen molar-refractivity contribution >= 4 is 29.2 Å². The molecule has 2 aliphatic heterocycles. The van der Waals surface area contributed by atoms with Gasteiger partial charge in [-0.05, 0) is 50.6 Å². The minimum absolute atomic E-state index is 0.0718. The Hall–Kier alpha value is -3.71. The molecule has 2 aliphatic rings. The van der Waals surface area contributed by atoms with Crippen LogP contribution in [0.5, 0.6) is 0 Å². The van der Waals surface area contributed by atoms with Crippen LogP contribution in [0.1, 0.15) is 41.2 Å². The number of aromatic amines is 1. The fourth-order valence-corrected chi connectivity index (χ4v) is 5.00. The number of fused-ring (bicyclic) bond motifs is 1. The SMILES string of the molecule is Cc1cc(C(=O)N2C[C@H](C)N[C@@H](C)C2)c(C=C2C(=O)Nc3cccc(-c4ccccc4F)c32)[nH]1. The van der Waals surface area contributed by atoms with Crippen molar-refractivity contribution in [3.05, 3.63) is 76.9 Å². The van der Waals surface area contributed by atoms with Crippen molar-refractivity contribution in [1.29, 1.82) is 0 Å². The Morgan fingerprint density at radius 3 is 2.50 bits per heavy atom. The van der Waals surface area contributed by atoms with E-state index in [1.165, 1.54) is 6.07 Å². The number of hydrogen-bond acceptors (Lipinski definition) is 3. The zero-order chi connectivity index (χ0) is 24.0. The van der Waals surface area contributed by atoms with E-state index in [0.717, 1.165) is 5.69 Å². The molecule has 0 bridgehead atoms. The first-order valence-corrected chi connectivity index (χ1v) is 11.5. The van der Waals surface area contributed by atoms with Gasteiger partial charge in [-0.3, -0.25) is 9.59 Å². The zero-order valence-electron chi connectivity index (χ0n) is 19.4. The molecule has 174 valence electrons. The Balaban J connectivity index is 1.59. The number of aryl methyl sites for hydroxylation is 1. The molecule has 3 N–H and O–H groups in total. The van der Waals surface area contributed by atoms with Gasteiger partial charge < -0.3 is 20.5 Å². The van der Waals surface area contributed by atoms with Crippen molar-refractivity contribution in [1.82, 2.24) is 15.2 Å². The molecule has 1 aromatic heterocycles. The average molecular weight is 459 g/mol. The van der Waals surface area contributed by atoms with Gasteiger partial charge in [-0.2, -0.15) is 0 Å². The Bertz CT molecular complexity index is 1320. The summed E-state index contributed by atoms with van der Waals surface area (Å²) < 4.78 is 14.7. The minimum Gasteiger partial charge on any atom is -0.358 e. The third-order valence-corrected chi connectivity index (χ3v) is 6.34. The summed E-state index contributed by atoms with van der Waals surface area (Å²) in [5.74, 6) is -0.714. The quantitative estimate of drug-likeness (QED) is 0.508. The number of benzene rings is 2. The monoisotopic (exact) mass is 458 g/mol. The third-order valence-electron chi connectivity index (χ3n) is 6.34. The maximum absolute atomic E-state index is 14.7. The number of nitrogens with zero attached hydrogens (tertiary/aromatic N) is 1. The number of anilines is 1. The molecular formula is C27H27FN4O2. The highest BCUT2D eigenvalue weighted by Crippen LogP contribution is 2.41. The highest BCUT2D eigenvalue weighted by atomic mass is 19.1. The van der Waals surface area contributed by atoms with Gasteiger partial charge in [-0.1, -0.05) is 30.3 Å². The highest BCUT2D eigenvalue weighted by molar-refractivity contribution is 6.36. The summed E-state index contributed by atoms with van der Waals surface area (Å²) in [6, 6.07) is 14.1. The number of nitrogens with one attached hydrogen (secondary N) is 3. The van der Waals surface area contributed by atoms with Crippen LogP contribution in [0.4, 0.5) is 10.1 Å². The van der Waals surface area contributed by atoms with E-state index >= 15 is 0 Å². The molecule has 3 aromatic rings. The van der Waals surface area contributed by atoms with E-state index in [1.807, 2.05) is 17.9 Å². The number of aromatic nitrogens is 1. The van der Waals surface area contributed by atoms with E-state index in [1.54, 1.807) is 42.5 Å². The van der Waals surface area contributed by atoms with E-state index in [4.69, 9.17) is 0 Å². The fourth-order valence-electron chi connectivity index (χ4n) is 5.00. The Morgan fingerprint density at radius 2 is 1.76 bits per heavy atom. The van der Waals surface area contributed by atoms with Crippen LogP contribution >= 0.6 is 0 Å². The lowest BCUT2D eigenvalue weighted by Crippen LogP contribution is -2.55. The molecule has 5 rings (SSSR count). The number of amides is 2. The van der Waals surface area contributed by atoms with Gasteiger partial charge in [-0.15, -0.1) is 0 Å². The van der Waals surface area contributed by atoms with Crippen molar-refractivity contribution in [2.45, 2.75) is 32.9 Å². The van der Waals surface area contributed by atoms with Crippen LogP contribution in [0, 0.1) is 12.7 Å². The molecular weight excluding hydrogens is 431 g/mol. The Morgan fingerprint density at radius 1 is 1.06 bits per heavy atom. The summed E-state index contributed by atoms with van der Waals surface area (Å²) in [7, 11) is 0. The maximum Gasteiger partial charge on any atom is 0.256 e. The predicted octanol–water partition coefficient (Wildman–Crippen LogP) is 4.44. The summed E-state index contributed by atoms with van der Waals surface area (Å²) >= 11 is 0. The van der Waals surface area contributed by atoms with E-state index in [9.17, 15) is 14.0 Å². The second-order valence-electron chi connectivity index (χ2n) is 9.18. The molecule has 2 amide bonds. The van der Waals surface area contributed by atoms with Crippen molar-refractivity contribution < 1.29 is 14.0 Å². The number of hydrogen-bond donors (Lipinski definition) is 3. The minimum atomic E-state index is -0.358. The lowest BCUT2D eigenvalue weighted by Gasteiger charge is -2.36. The van der Waals surface area contributed by atoms with Gasteiger partial charge in [-0.25, -0.2) is 4.39 Å². The number of H-pyrrole nitrogens is 1. The maximum atomic E-state index is 14.7. The summed E-state index contributed by atoms with van der Waals surface area (Å²) in [6.45, 7) is 7.24. The standard InChI is InChI=1S/C27H27FN4O2/c1-15-11-20(27(34)32-13-16(2)29-17(3)14-32)24(30-15)12-21-25-19(18-7-4-5-9-22(18)28)8-6-10-23(25)31-26(21)33/h4-12,16-17,29-30H,13-14H2,1-3H3,(H,31,33)/t16-,17-/m0/s1. The lowest BCUT2D eigenvalue weighted by molar-refractivity contribution is -0.110. The van der Waals surface area contributed by atoms with E-state index in [0.29, 0.717) is 52.3 Å². The van der Waals surface area contributed by atoms with Gasteiger partial charge in [0.15, 0.2) is 0 Å². The van der Waals surface area contributed by atoms with Gasteiger partial charge >= 0.3 is 0 Å². The number of halogens is 1. The molecule has 34 heavy (non-hydrogen) atoms. The smallest absolute Gasteiger partial charge is 0.256 e. The van der Waals surface area contributed by atoms with E-state index < -0.39 is 0 Å². The van der Waals surface area contributed by atoms with Gasteiger partial charge in [0.1, 0.15) is 5.82 Å². The normalized spacial score (nSPS) is 21.0. The molecule has 1 fully saturated rings. The van der Waals surface area contributed by atoms with Gasteiger partial charge in [0.05, 0.1) is 16.8 Å². The average Bonchev–Trinajstić information content (AvgIpc) is 3.32. The number of carbonyl (C=O) groups is 2. The Labute approximate surface area is 197 Å². The molecule has 2 atom stereocenters. The first kappa shape index (κ1) is 22.1. The van der Waals surface area contributed by atoms with Crippen LogP contribution in [-0.2, 0) is 4.79 Å². The van der Waals surface area contributed by atoms with E-state index in [-0.39, 0.29) is 29.7 Å². The number of piperazine rings is 1. The molecule has 1 saturated heterocycles. The molecule has 0 radical (unpaired) electrons. The van der Waals surface area contributed by atoms with Crippen molar-refractivity contribution in [2.24, 2.45) is 0 Å². The number of rotatable bonds is 3. The topological polar surface area (TPSA) is 77.2 Å². The number of carbonyl (C=O) groups excluding carboxylic acids is 2.